The van der Waals surface area contributed by atoms with Gasteiger partial charge in [0.15, 0.2) is 0 Å². The van der Waals surface area contributed by atoms with E-state index in [2.05, 4.69) is 4.98 Å². The molecule has 3 aromatic rings. The number of hydrogen-bond acceptors (Lipinski definition) is 2. The summed E-state index contributed by atoms with van der Waals surface area (Å²) < 4.78 is 1.40. The molecule has 2 aromatic carbocycles. The molecule has 1 heterocycles. The Morgan fingerprint density at radius 3 is 2.60 bits per heavy atom. The highest BCUT2D eigenvalue weighted by Gasteiger charge is 2.12. The standard InChI is InChI=1S/C15H10Cl2N2O/c1-9-8-10(16)6-7-13(9)19-14(20)11-4-2-3-5-12(11)18-15(19)17/h2-8H,1H3. The Hall–Kier alpha value is -1.84. The SMILES string of the molecule is Cc1cc(Cl)ccc1-n1c(Cl)nc2ccccc2c1=O. The zero-order valence-corrected chi connectivity index (χ0v) is 12.1. The Morgan fingerprint density at radius 2 is 1.85 bits per heavy atom. The second-order valence-electron chi connectivity index (χ2n) is 4.47. The van der Waals surface area contributed by atoms with Gasteiger partial charge in [-0.1, -0.05) is 23.7 Å². The highest BCUT2D eigenvalue weighted by Crippen LogP contribution is 2.21. The van der Waals surface area contributed by atoms with Crippen LogP contribution >= 0.6 is 23.2 Å². The highest BCUT2D eigenvalue weighted by molar-refractivity contribution is 6.30. The van der Waals surface area contributed by atoms with E-state index in [0.717, 1.165) is 5.56 Å². The van der Waals surface area contributed by atoms with Crippen LogP contribution in [0.4, 0.5) is 0 Å². The maximum Gasteiger partial charge on any atom is 0.266 e. The fourth-order valence-corrected chi connectivity index (χ4v) is 2.67. The van der Waals surface area contributed by atoms with E-state index in [0.29, 0.717) is 21.6 Å². The molecule has 0 aliphatic rings. The minimum absolute atomic E-state index is 0.138. The van der Waals surface area contributed by atoms with Crippen molar-refractivity contribution < 1.29 is 0 Å². The molecule has 20 heavy (non-hydrogen) atoms. The zero-order valence-electron chi connectivity index (χ0n) is 10.6. The summed E-state index contributed by atoms with van der Waals surface area (Å²) >= 11 is 12.1. The molecule has 0 unspecified atom stereocenters. The molecule has 3 rings (SSSR count). The maximum atomic E-state index is 12.6. The summed E-state index contributed by atoms with van der Waals surface area (Å²) in [5.41, 5.74) is 1.94. The molecule has 0 amide bonds. The van der Waals surface area contributed by atoms with Crippen LogP contribution in [0.2, 0.25) is 10.3 Å². The fourth-order valence-electron chi connectivity index (χ4n) is 2.18. The third kappa shape index (κ3) is 2.09. The molecule has 0 atom stereocenters. The van der Waals surface area contributed by atoms with E-state index in [1.165, 1.54) is 4.57 Å². The van der Waals surface area contributed by atoms with Crippen molar-refractivity contribution in [3.8, 4) is 5.69 Å². The van der Waals surface area contributed by atoms with Gasteiger partial charge in [0.05, 0.1) is 16.6 Å². The number of para-hydroxylation sites is 1. The first-order valence-electron chi connectivity index (χ1n) is 6.02. The number of fused-ring (bicyclic) bond motifs is 1. The van der Waals surface area contributed by atoms with Gasteiger partial charge in [-0.2, -0.15) is 0 Å². The second kappa shape index (κ2) is 4.93. The second-order valence-corrected chi connectivity index (χ2v) is 5.24. The smallest absolute Gasteiger partial charge is 0.266 e. The first-order valence-corrected chi connectivity index (χ1v) is 6.77. The molecule has 1 aromatic heterocycles. The van der Waals surface area contributed by atoms with Crippen LogP contribution in [0.5, 0.6) is 0 Å². The molecule has 0 saturated carbocycles. The van der Waals surface area contributed by atoms with Crippen molar-refractivity contribution in [1.82, 2.24) is 9.55 Å². The lowest BCUT2D eigenvalue weighted by molar-refractivity contribution is 0.954. The van der Waals surface area contributed by atoms with Gasteiger partial charge in [-0.05, 0) is 54.4 Å². The van der Waals surface area contributed by atoms with Crippen molar-refractivity contribution in [2.45, 2.75) is 6.92 Å². The van der Waals surface area contributed by atoms with Crippen LogP contribution < -0.4 is 5.56 Å². The largest absolute Gasteiger partial charge is 0.268 e. The molecular formula is C15H10Cl2N2O. The van der Waals surface area contributed by atoms with Crippen LogP contribution in [-0.4, -0.2) is 9.55 Å². The predicted molar refractivity (Wildman–Crippen MR) is 82.1 cm³/mol. The summed E-state index contributed by atoms with van der Waals surface area (Å²) in [6.07, 6.45) is 0. The van der Waals surface area contributed by atoms with Crippen molar-refractivity contribution in [3.63, 3.8) is 0 Å². The minimum Gasteiger partial charge on any atom is -0.268 e. The molecule has 0 bridgehead atoms. The monoisotopic (exact) mass is 304 g/mol. The van der Waals surface area contributed by atoms with Gasteiger partial charge in [0.25, 0.3) is 5.56 Å². The number of hydrogen-bond donors (Lipinski definition) is 0. The van der Waals surface area contributed by atoms with E-state index in [9.17, 15) is 4.79 Å². The van der Waals surface area contributed by atoms with Crippen LogP contribution in [-0.2, 0) is 0 Å². The lowest BCUT2D eigenvalue weighted by Crippen LogP contribution is -2.21. The Bertz CT molecular complexity index is 871. The summed E-state index contributed by atoms with van der Waals surface area (Å²) in [4.78, 5) is 16.9. The number of halogens is 2. The van der Waals surface area contributed by atoms with Crippen molar-refractivity contribution in [3.05, 3.63) is 68.7 Å². The van der Waals surface area contributed by atoms with E-state index >= 15 is 0 Å². The highest BCUT2D eigenvalue weighted by atomic mass is 35.5. The fraction of sp³-hybridized carbons (Fsp3) is 0.0667. The molecule has 3 nitrogen and oxygen atoms in total. The number of rotatable bonds is 1. The minimum atomic E-state index is -0.189. The Balaban J connectivity index is 2.39. The summed E-state index contributed by atoms with van der Waals surface area (Å²) in [7, 11) is 0. The molecule has 0 aliphatic carbocycles. The van der Waals surface area contributed by atoms with Crippen molar-refractivity contribution in [1.29, 1.82) is 0 Å². The molecular weight excluding hydrogens is 295 g/mol. The number of aryl methyl sites for hydroxylation is 1. The topological polar surface area (TPSA) is 34.9 Å². The van der Waals surface area contributed by atoms with Crippen LogP contribution in [0.3, 0.4) is 0 Å². The predicted octanol–water partition coefficient (Wildman–Crippen LogP) is 4.00. The average molecular weight is 305 g/mol. The third-order valence-corrected chi connectivity index (χ3v) is 3.62. The molecule has 0 saturated heterocycles. The summed E-state index contributed by atoms with van der Waals surface area (Å²) in [6, 6.07) is 12.4. The van der Waals surface area contributed by atoms with Crippen LogP contribution in [0.25, 0.3) is 16.6 Å². The van der Waals surface area contributed by atoms with E-state index in [1.54, 1.807) is 36.4 Å². The maximum absolute atomic E-state index is 12.6. The van der Waals surface area contributed by atoms with Gasteiger partial charge in [0.2, 0.25) is 5.28 Å². The summed E-state index contributed by atoms with van der Waals surface area (Å²) in [5, 5.41) is 1.29. The summed E-state index contributed by atoms with van der Waals surface area (Å²) in [6.45, 7) is 1.87. The molecule has 0 aliphatic heterocycles. The third-order valence-electron chi connectivity index (χ3n) is 3.13. The average Bonchev–Trinajstić information content (AvgIpc) is 2.41. The van der Waals surface area contributed by atoms with Crippen molar-refractivity contribution >= 4 is 34.1 Å². The van der Waals surface area contributed by atoms with Crippen LogP contribution in [0.15, 0.2) is 47.3 Å². The van der Waals surface area contributed by atoms with E-state index in [-0.39, 0.29) is 10.8 Å². The molecule has 100 valence electrons. The van der Waals surface area contributed by atoms with Gasteiger partial charge in [-0.3, -0.25) is 9.36 Å². The number of benzene rings is 2. The summed E-state index contributed by atoms with van der Waals surface area (Å²) in [5.74, 6) is 0. The zero-order chi connectivity index (χ0) is 14.3. The first-order chi connectivity index (χ1) is 9.58. The Labute approximate surface area is 125 Å². The van der Waals surface area contributed by atoms with Crippen LogP contribution in [0, 0.1) is 6.92 Å². The van der Waals surface area contributed by atoms with E-state index < -0.39 is 0 Å². The quantitative estimate of drug-likeness (QED) is 0.637. The number of nitrogens with zero attached hydrogens (tertiary/aromatic N) is 2. The number of aromatic nitrogens is 2. The molecule has 0 fully saturated rings. The van der Waals surface area contributed by atoms with Gasteiger partial charge in [0.1, 0.15) is 0 Å². The lowest BCUT2D eigenvalue weighted by atomic mass is 10.2. The molecule has 0 radical (unpaired) electrons. The van der Waals surface area contributed by atoms with E-state index in [4.69, 9.17) is 23.2 Å². The van der Waals surface area contributed by atoms with Gasteiger partial charge in [0, 0.05) is 5.02 Å². The molecule has 5 heteroatoms. The normalized spacial score (nSPS) is 10.9. The van der Waals surface area contributed by atoms with Crippen molar-refractivity contribution in [2.75, 3.05) is 0 Å². The van der Waals surface area contributed by atoms with Gasteiger partial charge in [-0.25, -0.2) is 4.98 Å². The van der Waals surface area contributed by atoms with Gasteiger partial charge >= 0.3 is 0 Å². The Morgan fingerprint density at radius 1 is 1.10 bits per heavy atom. The van der Waals surface area contributed by atoms with Crippen LogP contribution in [0.1, 0.15) is 5.56 Å². The van der Waals surface area contributed by atoms with Gasteiger partial charge in [-0.15, -0.1) is 0 Å². The first kappa shape index (κ1) is 13.2. The molecule has 0 N–H and O–H groups in total. The Kier molecular flexibility index (Phi) is 3.24. The molecule has 0 spiro atoms. The lowest BCUT2D eigenvalue weighted by Gasteiger charge is -2.12. The van der Waals surface area contributed by atoms with Gasteiger partial charge < -0.3 is 0 Å². The van der Waals surface area contributed by atoms with Crippen molar-refractivity contribution in [2.24, 2.45) is 0 Å². The van der Waals surface area contributed by atoms with E-state index in [1.807, 2.05) is 13.0 Å².